The van der Waals surface area contributed by atoms with Crippen LogP contribution in [0.3, 0.4) is 0 Å². The summed E-state index contributed by atoms with van der Waals surface area (Å²) >= 11 is 2.46. The van der Waals surface area contributed by atoms with E-state index in [9.17, 15) is 39.9 Å². The number of benzene rings is 1. The van der Waals surface area contributed by atoms with Crippen LogP contribution in [-0.4, -0.2) is 11.1 Å². The highest BCUT2D eigenvalue weighted by Gasteiger charge is 2.44. The van der Waals surface area contributed by atoms with Crippen LogP contribution in [0.15, 0.2) is 6.07 Å². The van der Waals surface area contributed by atoms with Crippen molar-refractivity contribution in [2.24, 2.45) is 0 Å². The third-order valence-corrected chi connectivity index (χ3v) is 2.73. The molecule has 20 heavy (non-hydrogen) atoms. The highest BCUT2D eigenvalue weighted by Crippen LogP contribution is 2.40. The minimum atomic E-state index is -5.51. The maximum atomic E-state index is 13.3. The molecule has 0 atom stereocenters. The Bertz CT molecular complexity index is 546. The van der Waals surface area contributed by atoms with Crippen molar-refractivity contribution >= 4 is 21.7 Å². The van der Waals surface area contributed by atoms with Crippen LogP contribution in [0.25, 0.3) is 0 Å². The van der Waals surface area contributed by atoms with Gasteiger partial charge < -0.3 is 0 Å². The molecule has 0 aliphatic heterocycles. The second-order valence-corrected chi connectivity index (χ2v) is 4.09. The summed E-state index contributed by atoms with van der Waals surface area (Å²) in [7, 11) is 0. The first kappa shape index (κ1) is 16.9. The first-order chi connectivity index (χ1) is 8.91. The predicted molar refractivity (Wildman–Crippen MR) is 54.5 cm³/mol. The van der Waals surface area contributed by atoms with Crippen molar-refractivity contribution in [2.45, 2.75) is 12.4 Å². The quantitative estimate of drug-likeness (QED) is 0.423. The van der Waals surface area contributed by atoms with E-state index in [1.807, 2.05) is 0 Å². The van der Waals surface area contributed by atoms with E-state index in [-0.39, 0.29) is 6.07 Å². The summed E-state index contributed by atoms with van der Waals surface area (Å²) in [5.74, 6) is -6.91. The molecule has 1 aromatic carbocycles. The smallest absolute Gasteiger partial charge is 0.293 e. The molecule has 0 aromatic heterocycles. The van der Waals surface area contributed by atoms with Gasteiger partial charge in [-0.15, -0.1) is 0 Å². The molecule has 0 aliphatic rings. The van der Waals surface area contributed by atoms with E-state index in [2.05, 4.69) is 15.9 Å². The molecule has 0 fully saturated rings. The van der Waals surface area contributed by atoms with Crippen molar-refractivity contribution in [3.8, 4) is 0 Å². The number of ketones is 1. The van der Waals surface area contributed by atoms with Crippen molar-refractivity contribution in [1.82, 2.24) is 0 Å². The normalized spacial score (nSPS) is 12.7. The number of carbonyl (C=O) groups excluding carboxylic acids is 1. The number of hydrogen-bond acceptors (Lipinski definition) is 1. The van der Waals surface area contributed by atoms with Gasteiger partial charge in [0.15, 0.2) is 17.4 Å². The number of rotatable bonds is 2. The molecule has 0 amide bonds. The molecule has 1 nitrogen and oxygen atoms in total. The lowest BCUT2D eigenvalue weighted by molar-refractivity contribution is -0.145. The Morgan fingerprint density at radius 2 is 1.50 bits per heavy atom. The first-order valence-corrected chi connectivity index (χ1v) is 5.79. The summed E-state index contributed by atoms with van der Waals surface area (Å²) in [5.41, 5.74) is -6.21. The third-order valence-electron chi connectivity index (χ3n) is 2.22. The minimum Gasteiger partial charge on any atom is -0.293 e. The Kier molecular flexibility index (Phi) is 4.47. The van der Waals surface area contributed by atoms with E-state index in [4.69, 9.17) is 0 Å². The van der Waals surface area contributed by atoms with E-state index < -0.39 is 51.8 Å². The van der Waals surface area contributed by atoms with Crippen molar-refractivity contribution < 1.29 is 39.9 Å². The zero-order chi connectivity index (χ0) is 15.9. The number of carbonyl (C=O) groups is 1. The predicted octanol–water partition coefficient (Wildman–Crippen LogP) is 4.58. The van der Waals surface area contributed by atoms with Gasteiger partial charge >= 0.3 is 12.4 Å². The Balaban J connectivity index is 3.79. The van der Waals surface area contributed by atoms with E-state index >= 15 is 0 Å². The van der Waals surface area contributed by atoms with Gasteiger partial charge in [-0.25, -0.2) is 8.78 Å². The fraction of sp³-hybridized carbons (Fsp3) is 0.300. The molecule has 0 bridgehead atoms. The van der Waals surface area contributed by atoms with Gasteiger partial charge in [-0.1, -0.05) is 15.9 Å². The minimum absolute atomic E-state index is 0.342. The summed E-state index contributed by atoms with van der Waals surface area (Å²) in [5, 5.41) is -0.779. The lowest BCUT2D eigenvalue weighted by Gasteiger charge is -2.16. The highest BCUT2D eigenvalue weighted by molar-refractivity contribution is 9.09. The maximum Gasteiger partial charge on any atom is 0.420 e. The lowest BCUT2D eigenvalue weighted by Crippen LogP contribution is -2.21. The van der Waals surface area contributed by atoms with Crippen LogP contribution in [0.2, 0.25) is 0 Å². The molecule has 0 unspecified atom stereocenters. The zero-order valence-electron chi connectivity index (χ0n) is 9.09. The van der Waals surface area contributed by atoms with E-state index in [1.54, 1.807) is 0 Å². The van der Waals surface area contributed by atoms with Crippen LogP contribution < -0.4 is 0 Å². The zero-order valence-corrected chi connectivity index (χ0v) is 10.7. The molecule has 0 heterocycles. The van der Waals surface area contributed by atoms with E-state index in [1.165, 1.54) is 0 Å². The van der Waals surface area contributed by atoms with Gasteiger partial charge in [0.2, 0.25) is 0 Å². The second-order valence-electron chi connectivity index (χ2n) is 3.53. The number of Topliss-reactive ketones (excluding diaryl/α,β-unsaturated/α-hetero) is 1. The topological polar surface area (TPSA) is 17.1 Å². The molecule has 0 radical (unpaired) electrons. The van der Waals surface area contributed by atoms with Crippen LogP contribution >= 0.6 is 15.9 Å². The van der Waals surface area contributed by atoms with Crippen LogP contribution in [0.1, 0.15) is 21.5 Å². The fourth-order valence-corrected chi connectivity index (χ4v) is 1.70. The fourth-order valence-electron chi connectivity index (χ4n) is 1.40. The molecular weight excluding hydrogens is 368 g/mol. The van der Waals surface area contributed by atoms with Gasteiger partial charge in [0, 0.05) is 5.56 Å². The molecular formula is C10H3BrF8O. The number of halogens is 9. The largest absolute Gasteiger partial charge is 0.420 e. The first-order valence-electron chi connectivity index (χ1n) is 4.66. The summed E-state index contributed by atoms with van der Waals surface area (Å²) in [6.45, 7) is 0. The van der Waals surface area contributed by atoms with Gasteiger partial charge in [-0.3, -0.25) is 4.79 Å². The highest BCUT2D eigenvalue weighted by atomic mass is 79.9. The van der Waals surface area contributed by atoms with Crippen LogP contribution in [-0.2, 0) is 12.4 Å². The van der Waals surface area contributed by atoms with Gasteiger partial charge in [0.25, 0.3) is 0 Å². The molecule has 0 saturated heterocycles. The Hall–Kier alpha value is -1.19. The van der Waals surface area contributed by atoms with Crippen molar-refractivity contribution in [2.75, 3.05) is 5.33 Å². The Morgan fingerprint density at radius 1 is 1.00 bits per heavy atom. The van der Waals surface area contributed by atoms with Crippen LogP contribution in [0, 0.1) is 11.6 Å². The average molecular weight is 371 g/mol. The molecule has 0 N–H and O–H groups in total. The average Bonchev–Trinajstić information content (AvgIpc) is 2.27. The van der Waals surface area contributed by atoms with Crippen LogP contribution in [0.4, 0.5) is 35.1 Å². The molecule has 0 aliphatic carbocycles. The molecule has 0 spiro atoms. The summed E-state index contributed by atoms with van der Waals surface area (Å²) in [4.78, 5) is 11.2. The van der Waals surface area contributed by atoms with Gasteiger partial charge in [-0.05, 0) is 6.07 Å². The molecule has 10 heteroatoms. The summed E-state index contributed by atoms with van der Waals surface area (Å²) in [6, 6.07) is -0.342. The summed E-state index contributed by atoms with van der Waals surface area (Å²) in [6.07, 6.45) is -10.9. The van der Waals surface area contributed by atoms with Gasteiger partial charge in [0.05, 0.1) is 10.9 Å². The molecule has 112 valence electrons. The van der Waals surface area contributed by atoms with Crippen molar-refractivity contribution in [3.63, 3.8) is 0 Å². The number of alkyl halides is 7. The van der Waals surface area contributed by atoms with Crippen molar-refractivity contribution in [3.05, 3.63) is 34.4 Å². The number of hydrogen-bond donors (Lipinski definition) is 0. The molecule has 1 aromatic rings. The summed E-state index contributed by atoms with van der Waals surface area (Å²) < 4.78 is 101. The van der Waals surface area contributed by atoms with E-state index in [0.29, 0.717) is 0 Å². The SMILES string of the molecule is O=C(CBr)c1cc(C(F)(F)F)c(F)c(F)c1C(F)(F)F. The van der Waals surface area contributed by atoms with Gasteiger partial charge in [-0.2, -0.15) is 26.3 Å². The lowest BCUT2D eigenvalue weighted by atomic mass is 9.99. The third kappa shape index (κ3) is 3.10. The second kappa shape index (κ2) is 5.30. The van der Waals surface area contributed by atoms with E-state index in [0.717, 1.165) is 0 Å². The van der Waals surface area contributed by atoms with Crippen molar-refractivity contribution in [1.29, 1.82) is 0 Å². The molecule has 1 rings (SSSR count). The maximum absolute atomic E-state index is 13.3. The van der Waals surface area contributed by atoms with Crippen LogP contribution in [0.5, 0.6) is 0 Å². The Morgan fingerprint density at radius 3 is 1.85 bits per heavy atom. The monoisotopic (exact) mass is 370 g/mol. The standard InChI is InChI=1S/C10H3BrF8O/c11-2-5(20)3-1-4(9(14,15)16)7(12)8(13)6(3)10(17,18)19/h1H,2H2. The molecule has 0 saturated carbocycles. The van der Waals surface area contributed by atoms with Gasteiger partial charge in [0.1, 0.15) is 5.56 Å². The Labute approximate surface area is 114 Å².